The summed E-state index contributed by atoms with van der Waals surface area (Å²) in [7, 11) is 0. The molecule has 3 aromatic carbocycles. The SMILES string of the molecule is CC(C)CNCCCNCCCNCc1ccc(-c2cc(-c3ccc(CNCCCNCCCNCC(C)C)cc3)cc(C(C)(C)C)c2)cc1.Cl. The third-order valence-corrected chi connectivity index (χ3v) is 8.97. The van der Waals surface area contributed by atoms with E-state index >= 15 is 0 Å². The predicted octanol–water partition coefficient (Wildman–Crippen LogP) is 8.15. The van der Waals surface area contributed by atoms with Crippen LogP contribution in [-0.2, 0) is 18.5 Å². The van der Waals surface area contributed by atoms with E-state index in [0.717, 1.165) is 103 Å². The second-order valence-electron chi connectivity index (χ2n) is 15.9. The van der Waals surface area contributed by atoms with Crippen LogP contribution in [0, 0.1) is 11.8 Å². The van der Waals surface area contributed by atoms with Crippen LogP contribution in [0.5, 0.6) is 0 Å². The zero-order valence-electron chi connectivity index (χ0n) is 33.2. The molecule has 0 atom stereocenters. The van der Waals surface area contributed by atoms with Crippen molar-refractivity contribution in [3.63, 3.8) is 0 Å². The van der Waals surface area contributed by atoms with Gasteiger partial charge in [-0.15, -0.1) is 12.4 Å². The first kappa shape index (κ1) is 44.9. The summed E-state index contributed by atoms with van der Waals surface area (Å²) in [4.78, 5) is 0. The Bertz CT molecular complexity index is 1210. The Morgan fingerprint density at radius 2 is 0.765 bits per heavy atom. The molecule has 0 heterocycles. The molecule has 3 rings (SSSR count). The van der Waals surface area contributed by atoms with Crippen molar-refractivity contribution in [2.24, 2.45) is 11.8 Å². The maximum atomic E-state index is 3.62. The minimum absolute atomic E-state index is 0. The number of hydrogen-bond acceptors (Lipinski definition) is 6. The first-order chi connectivity index (χ1) is 24.1. The van der Waals surface area contributed by atoms with Crippen molar-refractivity contribution in [3.05, 3.63) is 83.4 Å². The molecule has 0 radical (unpaired) electrons. The summed E-state index contributed by atoms with van der Waals surface area (Å²) in [5.41, 5.74) is 9.19. The average molecular weight is 722 g/mol. The van der Waals surface area contributed by atoms with Gasteiger partial charge in [0.2, 0.25) is 0 Å². The molecule has 0 aromatic heterocycles. The van der Waals surface area contributed by atoms with E-state index < -0.39 is 0 Å². The van der Waals surface area contributed by atoms with Crippen molar-refractivity contribution in [1.29, 1.82) is 0 Å². The summed E-state index contributed by atoms with van der Waals surface area (Å²) in [5, 5.41) is 21.4. The lowest BCUT2D eigenvalue weighted by molar-refractivity contribution is 0.525. The van der Waals surface area contributed by atoms with Gasteiger partial charge in [-0.2, -0.15) is 0 Å². The Hall–Kier alpha value is -2.29. The van der Waals surface area contributed by atoms with Gasteiger partial charge < -0.3 is 31.9 Å². The quantitative estimate of drug-likeness (QED) is 0.0471. The summed E-state index contributed by atoms with van der Waals surface area (Å²) >= 11 is 0. The van der Waals surface area contributed by atoms with Crippen LogP contribution in [0.25, 0.3) is 22.3 Å². The number of hydrogen-bond donors (Lipinski definition) is 6. The van der Waals surface area contributed by atoms with Crippen molar-refractivity contribution in [2.75, 3.05) is 65.4 Å². The van der Waals surface area contributed by atoms with Gasteiger partial charge in [-0.05, 0) is 153 Å². The molecule has 0 spiro atoms. The summed E-state index contributed by atoms with van der Waals surface area (Å²) in [6.45, 7) is 28.5. The second kappa shape index (κ2) is 25.6. The Balaban J connectivity index is 0.00000901. The van der Waals surface area contributed by atoms with E-state index in [-0.39, 0.29) is 17.8 Å². The van der Waals surface area contributed by atoms with Crippen LogP contribution in [0.15, 0.2) is 66.7 Å². The van der Waals surface area contributed by atoms with E-state index in [9.17, 15) is 0 Å². The molecule has 0 aliphatic carbocycles. The van der Waals surface area contributed by atoms with Crippen molar-refractivity contribution in [2.45, 2.75) is 92.7 Å². The minimum atomic E-state index is 0. The lowest BCUT2D eigenvalue weighted by Crippen LogP contribution is -2.26. The van der Waals surface area contributed by atoms with Crippen LogP contribution in [0.3, 0.4) is 0 Å². The second-order valence-corrected chi connectivity index (χ2v) is 15.9. The van der Waals surface area contributed by atoms with Gasteiger partial charge in [0.25, 0.3) is 0 Å². The fourth-order valence-electron chi connectivity index (χ4n) is 5.87. The normalized spacial score (nSPS) is 11.8. The van der Waals surface area contributed by atoms with Crippen molar-refractivity contribution < 1.29 is 0 Å². The van der Waals surface area contributed by atoms with E-state index in [1.165, 1.54) is 51.8 Å². The van der Waals surface area contributed by atoms with Crippen molar-refractivity contribution >= 4 is 12.4 Å². The molecule has 0 amide bonds. The van der Waals surface area contributed by atoms with E-state index in [2.05, 4.69) is 147 Å². The zero-order chi connectivity index (χ0) is 36.0. The number of benzene rings is 3. The number of rotatable bonds is 26. The number of halogens is 1. The highest BCUT2D eigenvalue weighted by molar-refractivity contribution is 5.85. The third-order valence-electron chi connectivity index (χ3n) is 8.97. The fourth-order valence-corrected chi connectivity index (χ4v) is 5.87. The highest BCUT2D eigenvalue weighted by Gasteiger charge is 2.16. The van der Waals surface area contributed by atoms with Crippen LogP contribution in [0.1, 0.15) is 90.8 Å². The molecule has 6 nitrogen and oxygen atoms in total. The minimum Gasteiger partial charge on any atom is -0.317 e. The summed E-state index contributed by atoms with van der Waals surface area (Å²) in [5.74, 6) is 1.45. The molecule has 7 heteroatoms. The van der Waals surface area contributed by atoms with Crippen LogP contribution in [0.4, 0.5) is 0 Å². The molecule has 6 N–H and O–H groups in total. The molecule has 51 heavy (non-hydrogen) atoms. The van der Waals surface area contributed by atoms with E-state index in [1.54, 1.807) is 0 Å². The summed E-state index contributed by atoms with van der Waals surface area (Å²) in [6, 6.07) is 25.4. The number of nitrogens with one attached hydrogen (secondary N) is 6. The summed E-state index contributed by atoms with van der Waals surface area (Å²) in [6.07, 6.45) is 4.67. The van der Waals surface area contributed by atoms with Crippen LogP contribution < -0.4 is 31.9 Å². The molecular formula is C44H73ClN6. The van der Waals surface area contributed by atoms with Gasteiger partial charge in [-0.3, -0.25) is 0 Å². The highest BCUT2D eigenvalue weighted by Crippen LogP contribution is 2.33. The van der Waals surface area contributed by atoms with Gasteiger partial charge in [-0.25, -0.2) is 0 Å². The van der Waals surface area contributed by atoms with Crippen molar-refractivity contribution in [3.8, 4) is 22.3 Å². The largest absolute Gasteiger partial charge is 0.317 e. The Labute approximate surface area is 318 Å². The van der Waals surface area contributed by atoms with Crippen molar-refractivity contribution in [1.82, 2.24) is 31.9 Å². The maximum absolute atomic E-state index is 3.62. The molecule has 3 aromatic rings. The molecule has 0 fully saturated rings. The van der Waals surface area contributed by atoms with E-state index in [0.29, 0.717) is 0 Å². The van der Waals surface area contributed by atoms with Gasteiger partial charge in [0.15, 0.2) is 0 Å². The van der Waals surface area contributed by atoms with Crippen LogP contribution >= 0.6 is 12.4 Å². The lowest BCUT2D eigenvalue weighted by atomic mass is 9.83. The maximum Gasteiger partial charge on any atom is 0.0205 e. The Morgan fingerprint density at radius 1 is 0.431 bits per heavy atom. The molecule has 0 bridgehead atoms. The average Bonchev–Trinajstić information content (AvgIpc) is 3.09. The van der Waals surface area contributed by atoms with E-state index in [1.807, 2.05) is 0 Å². The lowest BCUT2D eigenvalue weighted by Gasteiger charge is -2.22. The highest BCUT2D eigenvalue weighted by atomic mass is 35.5. The molecule has 0 unspecified atom stereocenters. The molecule has 0 aliphatic heterocycles. The Morgan fingerprint density at radius 3 is 1.10 bits per heavy atom. The van der Waals surface area contributed by atoms with Crippen LogP contribution in [0.2, 0.25) is 0 Å². The molecule has 0 aliphatic rings. The molecular weight excluding hydrogens is 648 g/mol. The Kier molecular flexibility index (Phi) is 22.6. The van der Waals surface area contributed by atoms with Gasteiger partial charge >= 0.3 is 0 Å². The topological polar surface area (TPSA) is 72.2 Å². The fraction of sp³-hybridized carbons (Fsp3) is 0.591. The van der Waals surface area contributed by atoms with Gasteiger partial charge in [0.1, 0.15) is 0 Å². The van der Waals surface area contributed by atoms with Gasteiger partial charge in [0.05, 0.1) is 0 Å². The van der Waals surface area contributed by atoms with Crippen LogP contribution in [-0.4, -0.2) is 65.4 Å². The third kappa shape index (κ3) is 19.4. The first-order valence-electron chi connectivity index (χ1n) is 19.7. The monoisotopic (exact) mass is 721 g/mol. The standard InChI is InChI=1S/C44H72N6.ClH/c1-35(2)31-47-24-8-20-45-22-10-26-49-33-37-12-16-39(17-13-37)41-28-42(30-43(29-41)44(5,6)7)40-18-14-38(15-19-40)34-50-27-11-23-46-21-9-25-48-32-36(3)4;/h12-19,28-30,35-36,45-50H,8-11,20-27,31-34H2,1-7H3;1H. The first-order valence-corrected chi connectivity index (χ1v) is 19.7. The smallest absolute Gasteiger partial charge is 0.0205 e. The molecule has 0 saturated heterocycles. The van der Waals surface area contributed by atoms with E-state index in [4.69, 9.17) is 0 Å². The predicted molar refractivity (Wildman–Crippen MR) is 226 cm³/mol. The summed E-state index contributed by atoms with van der Waals surface area (Å²) < 4.78 is 0. The molecule has 286 valence electrons. The molecule has 0 saturated carbocycles. The van der Waals surface area contributed by atoms with Gasteiger partial charge in [0, 0.05) is 13.1 Å². The zero-order valence-corrected chi connectivity index (χ0v) is 34.0. The van der Waals surface area contributed by atoms with Gasteiger partial charge in [-0.1, -0.05) is 109 Å².